The fraction of sp³-hybridized carbons (Fsp3) is 0.0909. The van der Waals surface area contributed by atoms with Crippen LogP contribution in [0.1, 0.15) is 12.5 Å². The average Bonchev–Trinajstić information content (AvgIpc) is 2.36. The first kappa shape index (κ1) is 12.7. The molecule has 0 bridgehead atoms. The molecule has 0 atom stereocenters. The van der Waals surface area contributed by atoms with Gasteiger partial charge in [-0.1, -0.05) is 35.5 Å². The number of nitrogens with zero attached hydrogens (tertiary/aromatic N) is 4. The Bertz CT molecular complexity index is 554. The van der Waals surface area contributed by atoms with Crippen LogP contribution in [-0.2, 0) is 0 Å². The van der Waals surface area contributed by atoms with Crippen LogP contribution >= 0.6 is 23.2 Å². The van der Waals surface area contributed by atoms with Gasteiger partial charge in [-0.2, -0.15) is 15.0 Å². The largest absolute Gasteiger partial charge is 0.351 e. The molecule has 1 aromatic heterocycles. The third-order valence-electron chi connectivity index (χ3n) is 2.02. The van der Waals surface area contributed by atoms with Gasteiger partial charge in [-0.05, 0) is 35.7 Å². The molecule has 18 heavy (non-hydrogen) atoms. The van der Waals surface area contributed by atoms with E-state index in [4.69, 9.17) is 28.0 Å². The smallest absolute Gasteiger partial charge is 0.314 e. The molecule has 0 amide bonds. The molecule has 2 aromatic rings. The minimum atomic E-state index is -0.0460. The molecule has 0 N–H and O–H groups in total. The van der Waals surface area contributed by atoms with Crippen molar-refractivity contribution < 1.29 is 4.84 Å². The molecule has 0 spiro atoms. The zero-order valence-corrected chi connectivity index (χ0v) is 10.9. The van der Waals surface area contributed by atoms with Crippen LogP contribution in [-0.4, -0.2) is 20.7 Å². The van der Waals surface area contributed by atoms with Crippen LogP contribution in [0.15, 0.2) is 35.5 Å². The van der Waals surface area contributed by atoms with E-state index in [0.717, 1.165) is 5.56 Å². The molecule has 1 heterocycles. The van der Waals surface area contributed by atoms with Gasteiger partial charge in [0, 0.05) is 0 Å². The van der Waals surface area contributed by atoms with Gasteiger partial charge in [-0.25, -0.2) is 0 Å². The van der Waals surface area contributed by atoms with Gasteiger partial charge in [0.1, 0.15) is 0 Å². The predicted molar refractivity (Wildman–Crippen MR) is 69.1 cm³/mol. The number of halogens is 2. The zero-order chi connectivity index (χ0) is 13.0. The molecule has 5 nitrogen and oxygen atoms in total. The molecular weight excluding hydrogens is 275 g/mol. The van der Waals surface area contributed by atoms with Gasteiger partial charge in [0.05, 0.1) is 5.71 Å². The van der Waals surface area contributed by atoms with E-state index in [-0.39, 0.29) is 16.6 Å². The standard InChI is InChI=1S/C11H8Cl2N4O/c1-7(8-5-3-2-4-6-8)17-18-11-15-9(12)14-10(13)16-11/h2-6H,1H3. The Morgan fingerprint density at radius 1 is 1.06 bits per heavy atom. The lowest BCUT2D eigenvalue weighted by Crippen LogP contribution is -2.00. The fourth-order valence-corrected chi connectivity index (χ4v) is 1.54. The molecule has 1 aromatic carbocycles. The van der Waals surface area contributed by atoms with Gasteiger partial charge < -0.3 is 4.84 Å². The average molecular weight is 283 g/mol. The molecular formula is C11H8Cl2N4O. The molecule has 92 valence electrons. The summed E-state index contributed by atoms with van der Waals surface area (Å²) in [6, 6.07) is 9.51. The summed E-state index contributed by atoms with van der Waals surface area (Å²) < 4.78 is 0. The van der Waals surface area contributed by atoms with Crippen molar-refractivity contribution in [3.8, 4) is 6.01 Å². The highest BCUT2D eigenvalue weighted by atomic mass is 35.5. The zero-order valence-electron chi connectivity index (χ0n) is 9.34. The molecule has 0 aliphatic carbocycles. The van der Waals surface area contributed by atoms with Crippen LogP contribution in [0, 0.1) is 0 Å². The van der Waals surface area contributed by atoms with Gasteiger partial charge >= 0.3 is 6.01 Å². The van der Waals surface area contributed by atoms with Crippen molar-refractivity contribution in [3.63, 3.8) is 0 Å². The van der Waals surface area contributed by atoms with Crippen molar-refractivity contribution in [3.05, 3.63) is 46.5 Å². The third kappa shape index (κ3) is 3.38. The lowest BCUT2D eigenvalue weighted by atomic mass is 10.1. The summed E-state index contributed by atoms with van der Waals surface area (Å²) in [5.41, 5.74) is 1.62. The van der Waals surface area contributed by atoms with E-state index in [9.17, 15) is 0 Å². The molecule has 0 aliphatic rings. The monoisotopic (exact) mass is 282 g/mol. The Balaban J connectivity index is 2.15. The number of rotatable bonds is 3. The highest BCUT2D eigenvalue weighted by Crippen LogP contribution is 2.12. The summed E-state index contributed by atoms with van der Waals surface area (Å²) >= 11 is 11.2. The number of hydrogen-bond acceptors (Lipinski definition) is 5. The van der Waals surface area contributed by atoms with E-state index in [1.54, 1.807) is 6.92 Å². The maximum absolute atomic E-state index is 5.61. The second kappa shape index (κ2) is 5.75. The van der Waals surface area contributed by atoms with E-state index in [0.29, 0.717) is 5.71 Å². The Labute approximate surface area is 113 Å². The van der Waals surface area contributed by atoms with Crippen LogP contribution in [0.25, 0.3) is 0 Å². The van der Waals surface area contributed by atoms with E-state index in [2.05, 4.69) is 20.1 Å². The van der Waals surface area contributed by atoms with Gasteiger partial charge in [0.2, 0.25) is 10.6 Å². The summed E-state index contributed by atoms with van der Waals surface area (Å²) in [5, 5.41) is 3.81. The minimum Gasteiger partial charge on any atom is -0.314 e. The summed E-state index contributed by atoms with van der Waals surface area (Å²) in [7, 11) is 0. The lowest BCUT2D eigenvalue weighted by Gasteiger charge is -2.00. The topological polar surface area (TPSA) is 60.3 Å². The summed E-state index contributed by atoms with van der Waals surface area (Å²) in [5.74, 6) is 0. The van der Waals surface area contributed by atoms with Crippen molar-refractivity contribution in [2.45, 2.75) is 6.92 Å². The molecule has 0 saturated heterocycles. The molecule has 0 saturated carbocycles. The Hall–Kier alpha value is -1.72. The second-order valence-electron chi connectivity index (χ2n) is 3.29. The quantitative estimate of drug-likeness (QED) is 0.641. The maximum Gasteiger partial charge on any atom is 0.351 e. The van der Waals surface area contributed by atoms with E-state index >= 15 is 0 Å². The number of benzene rings is 1. The maximum atomic E-state index is 5.61. The summed E-state index contributed by atoms with van der Waals surface area (Å²) in [6.45, 7) is 1.81. The molecule has 0 radical (unpaired) electrons. The van der Waals surface area contributed by atoms with Crippen LogP contribution in [0.5, 0.6) is 6.01 Å². The van der Waals surface area contributed by atoms with Crippen molar-refractivity contribution in [1.82, 2.24) is 15.0 Å². The van der Waals surface area contributed by atoms with Crippen LogP contribution in [0.2, 0.25) is 10.6 Å². The molecule has 0 unspecified atom stereocenters. The number of hydrogen-bond donors (Lipinski definition) is 0. The first-order chi connectivity index (χ1) is 8.65. The van der Waals surface area contributed by atoms with Crippen molar-refractivity contribution in [2.24, 2.45) is 5.16 Å². The SMILES string of the molecule is CC(=NOc1nc(Cl)nc(Cl)n1)c1ccccc1. The van der Waals surface area contributed by atoms with Crippen LogP contribution in [0.4, 0.5) is 0 Å². The second-order valence-corrected chi connectivity index (χ2v) is 3.97. The van der Waals surface area contributed by atoms with Crippen LogP contribution in [0.3, 0.4) is 0 Å². The van der Waals surface area contributed by atoms with Gasteiger partial charge in [0.15, 0.2) is 0 Å². The Morgan fingerprint density at radius 3 is 2.28 bits per heavy atom. The molecule has 2 rings (SSSR count). The predicted octanol–water partition coefficient (Wildman–Crippen LogP) is 2.98. The van der Waals surface area contributed by atoms with Crippen molar-refractivity contribution >= 4 is 28.9 Å². The van der Waals surface area contributed by atoms with E-state index in [1.165, 1.54) is 0 Å². The highest BCUT2D eigenvalue weighted by Gasteiger charge is 2.04. The normalized spacial score (nSPS) is 11.4. The summed E-state index contributed by atoms with van der Waals surface area (Å²) in [6.07, 6.45) is 0. The Kier molecular flexibility index (Phi) is 4.07. The lowest BCUT2D eigenvalue weighted by molar-refractivity contribution is 0.311. The van der Waals surface area contributed by atoms with Crippen molar-refractivity contribution in [1.29, 1.82) is 0 Å². The number of aromatic nitrogens is 3. The minimum absolute atomic E-state index is 0.0439. The van der Waals surface area contributed by atoms with Gasteiger partial charge in [-0.3, -0.25) is 0 Å². The van der Waals surface area contributed by atoms with E-state index < -0.39 is 0 Å². The first-order valence-electron chi connectivity index (χ1n) is 4.99. The molecule has 7 heteroatoms. The summed E-state index contributed by atoms with van der Waals surface area (Å²) in [4.78, 5) is 16.1. The number of oxime groups is 1. The van der Waals surface area contributed by atoms with Crippen molar-refractivity contribution in [2.75, 3.05) is 0 Å². The Morgan fingerprint density at radius 2 is 1.67 bits per heavy atom. The highest BCUT2D eigenvalue weighted by molar-refractivity contribution is 6.31. The van der Waals surface area contributed by atoms with Gasteiger partial charge in [0.25, 0.3) is 0 Å². The van der Waals surface area contributed by atoms with E-state index in [1.807, 2.05) is 30.3 Å². The van der Waals surface area contributed by atoms with Gasteiger partial charge in [-0.15, -0.1) is 0 Å². The fourth-order valence-electron chi connectivity index (χ4n) is 1.19. The molecule has 0 fully saturated rings. The van der Waals surface area contributed by atoms with Crippen LogP contribution < -0.4 is 4.84 Å². The molecule has 0 aliphatic heterocycles. The first-order valence-corrected chi connectivity index (χ1v) is 5.75. The third-order valence-corrected chi connectivity index (χ3v) is 2.35.